The minimum Gasteiger partial charge on any atom is -0.506 e. The normalized spacial score (nSPS) is 11.8. The number of aromatic hydroxyl groups is 1. The maximum atomic E-state index is 12.3. The summed E-state index contributed by atoms with van der Waals surface area (Å²) in [7, 11) is 0. The van der Waals surface area contributed by atoms with Crippen molar-refractivity contribution in [3.63, 3.8) is 0 Å². The fraction of sp³-hybridized carbons (Fsp3) is 0.217. The monoisotopic (exact) mass is 377 g/mol. The standard InChI is InChI=1S/C23H23NO4/c1-3-15(2)17-9-6-7-11-20(17)24-21(25)14-28-23(27)19-13-12-16-8-4-5-10-18(16)22(19)26/h4-13,15,26H,3,14H2,1-2H3,(H,24,25)/t15-/m0/s1. The predicted octanol–water partition coefficient (Wildman–Crippen LogP) is 4.85. The van der Waals surface area contributed by atoms with Gasteiger partial charge in [0.15, 0.2) is 6.61 Å². The van der Waals surface area contributed by atoms with E-state index in [0.717, 1.165) is 17.4 Å². The SMILES string of the molecule is CC[C@H](C)c1ccccc1NC(=O)COC(=O)c1ccc2ccccc2c1O. The third-order valence-electron chi connectivity index (χ3n) is 4.83. The van der Waals surface area contributed by atoms with Crippen LogP contribution in [0.25, 0.3) is 10.8 Å². The molecule has 3 rings (SSSR count). The summed E-state index contributed by atoms with van der Waals surface area (Å²) in [6.45, 7) is 3.74. The van der Waals surface area contributed by atoms with Crippen LogP contribution in [0.3, 0.4) is 0 Å². The molecule has 0 fully saturated rings. The summed E-state index contributed by atoms with van der Waals surface area (Å²) >= 11 is 0. The number of nitrogens with one attached hydrogen (secondary N) is 1. The van der Waals surface area contributed by atoms with Crippen LogP contribution in [0.2, 0.25) is 0 Å². The highest BCUT2D eigenvalue weighted by Gasteiger charge is 2.17. The van der Waals surface area contributed by atoms with Crippen molar-refractivity contribution < 1.29 is 19.4 Å². The number of carbonyl (C=O) groups is 2. The summed E-state index contributed by atoms with van der Waals surface area (Å²) in [5.74, 6) is -1.02. The van der Waals surface area contributed by atoms with Crippen LogP contribution in [0.15, 0.2) is 60.7 Å². The number of carbonyl (C=O) groups excluding carboxylic acids is 2. The number of para-hydroxylation sites is 1. The van der Waals surface area contributed by atoms with Crippen molar-refractivity contribution >= 4 is 28.3 Å². The molecule has 3 aromatic carbocycles. The molecule has 2 N–H and O–H groups in total. The van der Waals surface area contributed by atoms with Gasteiger partial charge in [0.2, 0.25) is 0 Å². The maximum absolute atomic E-state index is 12.3. The molecule has 0 aliphatic heterocycles. The molecule has 5 heteroatoms. The molecule has 28 heavy (non-hydrogen) atoms. The van der Waals surface area contributed by atoms with E-state index in [4.69, 9.17) is 4.74 Å². The molecule has 5 nitrogen and oxygen atoms in total. The number of phenolic OH excluding ortho intramolecular Hbond substituents is 1. The van der Waals surface area contributed by atoms with Crippen molar-refractivity contribution in [3.8, 4) is 5.75 Å². The molecular weight excluding hydrogens is 354 g/mol. The van der Waals surface area contributed by atoms with E-state index in [1.165, 1.54) is 6.07 Å². The van der Waals surface area contributed by atoms with E-state index in [1.807, 2.05) is 36.4 Å². The molecule has 144 valence electrons. The van der Waals surface area contributed by atoms with Gasteiger partial charge in [0.25, 0.3) is 5.91 Å². The van der Waals surface area contributed by atoms with E-state index in [2.05, 4.69) is 19.2 Å². The van der Waals surface area contributed by atoms with Gasteiger partial charge in [0.1, 0.15) is 11.3 Å². The van der Waals surface area contributed by atoms with Gasteiger partial charge in [-0.3, -0.25) is 4.79 Å². The third kappa shape index (κ3) is 4.14. The van der Waals surface area contributed by atoms with Gasteiger partial charge in [0.05, 0.1) is 0 Å². The van der Waals surface area contributed by atoms with Crippen LogP contribution in [0.5, 0.6) is 5.75 Å². The smallest absolute Gasteiger partial charge is 0.342 e. The summed E-state index contributed by atoms with van der Waals surface area (Å²) < 4.78 is 5.11. The Morgan fingerprint density at radius 3 is 2.54 bits per heavy atom. The largest absolute Gasteiger partial charge is 0.506 e. The molecule has 0 aliphatic carbocycles. The Bertz CT molecular complexity index is 1010. The van der Waals surface area contributed by atoms with E-state index in [9.17, 15) is 14.7 Å². The molecule has 0 spiro atoms. The molecule has 0 aliphatic rings. The average Bonchev–Trinajstić information content (AvgIpc) is 2.72. The number of esters is 1. The second kappa shape index (κ2) is 8.57. The Kier molecular flexibility index (Phi) is 5.94. The van der Waals surface area contributed by atoms with Gasteiger partial charge in [-0.25, -0.2) is 4.79 Å². The Morgan fingerprint density at radius 2 is 1.75 bits per heavy atom. The lowest BCUT2D eigenvalue weighted by Gasteiger charge is -2.15. The molecule has 0 heterocycles. The topological polar surface area (TPSA) is 75.6 Å². The zero-order valence-electron chi connectivity index (χ0n) is 15.9. The van der Waals surface area contributed by atoms with Gasteiger partial charge >= 0.3 is 5.97 Å². The predicted molar refractivity (Wildman–Crippen MR) is 110 cm³/mol. The van der Waals surface area contributed by atoms with Crippen LogP contribution in [-0.2, 0) is 9.53 Å². The molecule has 1 atom stereocenters. The van der Waals surface area contributed by atoms with E-state index in [0.29, 0.717) is 17.0 Å². The van der Waals surface area contributed by atoms with Crippen molar-refractivity contribution in [2.75, 3.05) is 11.9 Å². The Morgan fingerprint density at radius 1 is 1.04 bits per heavy atom. The number of ether oxygens (including phenoxy) is 1. The Hall–Kier alpha value is -3.34. The van der Waals surface area contributed by atoms with Gasteiger partial charge in [0, 0.05) is 11.1 Å². The number of rotatable bonds is 6. The lowest BCUT2D eigenvalue weighted by Crippen LogP contribution is -2.21. The summed E-state index contributed by atoms with van der Waals surface area (Å²) in [6.07, 6.45) is 0.948. The lowest BCUT2D eigenvalue weighted by atomic mass is 9.97. The fourth-order valence-electron chi connectivity index (χ4n) is 3.08. The molecule has 3 aromatic rings. The zero-order valence-corrected chi connectivity index (χ0v) is 15.9. The zero-order chi connectivity index (χ0) is 20.1. The number of anilines is 1. The van der Waals surface area contributed by atoms with Gasteiger partial charge < -0.3 is 15.2 Å². The highest BCUT2D eigenvalue weighted by molar-refractivity contribution is 6.02. The third-order valence-corrected chi connectivity index (χ3v) is 4.83. The van der Waals surface area contributed by atoms with Gasteiger partial charge in [-0.15, -0.1) is 0 Å². The van der Waals surface area contributed by atoms with E-state index in [1.54, 1.807) is 18.2 Å². The molecule has 1 amide bonds. The lowest BCUT2D eigenvalue weighted by molar-refractivity contribution is -0.119. The van der Waals surface area contributed by atoms with Gasteiger partial charge in [-0.1, -0.05) is 62.4 Å². The Balaban J connectivity index is 1.67. The fourth-order valence-corrected chi connectivity index (χ4v) is 3.08. The summed E-state index contributed by atoms with van der Waals surface area (Å²) in [5.41, 5.74) is 1.79. The van der Waals surface area contributed by atoms with E-state index in [-0.39, 0.29) is 11.3 Å². The van der Waals surface area contributed by atoms with E-state index < -0.39 is 18.5 Å². The van der Waals surface area contributed by atoms with Crippen molar-refractivity contribution in [3.05, 3.63) is 71.8 Å². The highest BCUT2D eigenvalue weighted by Crippen LogP contribution is 2.29. The summed E-state index contributed by atoms with van der Waals surface area (Å²) in [5, 5.41) is 14.5. The second-order valence-electron chi connectivity index (χ2n) is 6.70. The molecule has 0 unspecified atom stereocenters. The number of hydrogen-bond donors (Lipinski definition) is 2. The van der Waals surface area contributed by atoms with Gasteiger partial charge in [-0.05, 0) is 35.4 Å². The number of benzene rings is 3. The molecular formula is C23H23NO4. The quantitative estimate of drug-likeness (QED) is 0.602. The highest BCUT2D eigenvalue weighted by atomic mass is 16.5. The van der Waals surface area contributed by atoms with Crippen LogP contribution in [-0.4, -0.2) is 23.6 Å². The minimum absolute atomic E-state index is 0.0338. The number of amides is 1. The van der Waals surface area contributed by atoms with Crippen molar-refractivity contribution in [1.82, 2.24) is 0 Å². The molecule has 0 bridgehead atoms. The van der Waals surface area contributed by atoms with Crippen LogP contribution in [0, 0.1) is 0 Å². The van der Waals surface area contributed by atoms with Crippen LogP contribution in [0.1, 0.15) is 42.1 Å². The average molecular weight is 377 g/mol. The van der Waals surface area contributed by atoms with Gasteiger partial charge in [-0.2, -0.15) is 0 Å². The molecule has 0 aromatic heterocycles. The molecule has 0 saturated carbocycles. The van der Waals surface area contributed by atoms with Crippen LogP contribution < -0.4 is 5.32 Å². The van der Waals surface area contributed by atoms with Crippen molar-refractivity contribution in [2.24, 2.45) is 0 Å². The van der Waals surface area contributed by atoms with Crippen LogP contribution in [0.4, 0.5) is 5.69 Å². The minimum atomic E-state index is -0.742. The number of phenols is 1. The first-order chi connectivity index (χ1) is 13.5. The first-order valence-corrected chi connectivity index (χ1v) is 9.27. The van der Waals surface area contributed by atoms with Crippen molar-refractivity contribution in [1.29, 1.82) is 0 Å². The number of hydrogen-bond acceptors (Lipinski definition) is 4. The summed E-state index contributed by atoms with van der Waals surface area (Å²) in [4.78, 5) is 24.6. The van der Waals surface area contributed by atoms with E-state index >= 15 is 0 Å². The summed E-state index contributed by atoms with van der Waals surface area (Å²) in [6, 6.07) is 18.0. The maximum Gasteiger partial charge on any atom is 0.342 e. The Labute approximate surface area is 164 Å². The van der Waals surface area contributed by atoms with Crippen molar-refractivity contribution in [2.45, 2.75) is 26.2 Å². The second-order valence-corrected chi connectivity index (χ2v) is 6.70. The first-order valence-electron chi connectivity index (χ1n) is 9.27. The van der Waals surface area contributed by atoms with Crippen LogP contribution >= 0.6 is 0 Å². The first kappa shape index (κ1) is 19.4. The number of fused-ring (bicyclic) bond motifs is 1. The molecule has 0 radical (unpaired) electrons. The molecule has 0 saturated heterocycles.